The van der Waals surface area contributed by atoms with Crippen molar-refractivity contribution in [1.29, 1.82) is 0 Å². The van der Waals surface area contributed by atoms with E-state index in [1.807, 2.05) is 4.90 Å². The lowest BCUT2D eigenvalue weighted by molar-refractivity contribution is -0.122. The molecule has 2 fully saturated rings. The van der Waals surface area contributed by atoms with Crippen LogP contribution in [0.1, 0.15) is 6.42 Å². The Morgan fingerprint density at radius 3 is 2.38 bits per heavy atom. The molecular formula is C23H22FN5O4S. The molecule has 2 aliphatic heterocycles. The smallest absolute Gasteiger partial charge is 0.268 e. The SMILES string of the molecule is C[S+]([O-])C1CN(c2ncc(N3CC[C@@H](Oc4ccc(Oc5ccc(F)cc5)nc4)C3=O)cn2)C1. The van der Waals surface area contributed by atoms with Crippen LogP contribution in [0.2, 0.25) is 0 Å². The summed E-state index contributed by atoms with van der Waals surface area (Å²) in [6, 6.07) is 8.92. The first-order valence-corrected chi connectivity index (χ1v) is 12.3. The van der Waals surface area contributed by atoms with Crippen molar-refractivity contribution in [2.45, 2.75) is 17.8 Å². The molecule has 0 radical (unpaired) electrons. The highest BCUT2D eigenvalue weighted by Gasteiger charge is 2.37. The molecule has 1 amide bonds. The Morgan fingerprint density at radius 1 is 1.03 bits per heavy atom. The average molecular weight is 484 g/mol. The highest BCUT2D eigenvalue weighted by molar-refractivity contribution is 7.91. The Balaban J connectivity index is 1.16. The number of pyridine rings is 1. The summed E-state index contributed by atoms with van der Waals surface area (Å²) >= 11 is -0.850. The van der Waals surface area contributed by atoms with Crippen LogP contribution in [-0.4, -0.2) is 62.7 Å². The molecule has 1 unspecified atom stereocenters. The standard InChI is InChI=1S/C23H22FN5O4S/c1-34(31)19-13-28(14-19)23-26-10-16(11-27-23)29-9-8-20(22(29)30)32-18-6-7-21(25-12-18)33-17-4-2-15(24)3-5-17/h2-7,10-12,19-20H,8-9,13-14H2,1H3/t20-,34?/m1/s1. The summed E-state index contributed by atoms with van der Waals surface area (Å²) < 4.78 is 35.9. The maximum Gasteiger partial charge on any atom is 0.268 e. The molecule has 9 nitrogen and oxygen atoms in total. The molecule has 3 aromatic rings. The van der Waals surface area contributed by atoms with Crippen molar-refractivity contribution in [3.63, 3.8) is 0 Å². The lowest BCUT2D eigenvalue weighted by Crippen LogP contribution is -2.55. The Morgan fingerprint density at radius 2 is 1.74 bits per heavy atom. The van der Waals surface area contributed by atoms with Gasteiger partial charge in [0.15, 0.2) is 6.10 Å². The maximum absolute atomic E-state index is 13.0. The molecule has 2 aliphatic rings. The molecule has 1 aromatic carbocycles. The predicted molar refractivity (Wildman–Crippen MR) is 124 cm³/mol. The van der Waals surface area contributed by atoms with Crippen molar-refractivity contribution >= 4 is 28.7 Å². The quantitative estimate of drug-likeness (QED) is 0.473. The van der Waals surface area contributed by atoms with Gasteiger partial charge in [0.1, 0.15) is 22.6 Å². The highest BCUT2D eigenvalue weighted by atomic mass is 32.2. The van der Waals surface area contributed by atoms with Gasteiger partial charge in [0.2, 0.25) is 11.8 Å². The largest absolute Gasteiger partial charge is 0.616 e. The third-order valence-corrected chi connectivity index (χ3v) is 6.95. The average Bonchev–Trinajstić information content (AvgIpc) is 3.16. The van der Waals surface area contributed by atoms with Crippen LogP contribution in [0.4, 0.5) is 16.0 Å². The van der Waals surface area contributed by atoms with Gasteiger partial charge < -0.3 is 23.8 Å². The van der Waals surface area contributed by atoms with E-state index in [2.05, 4.69) is 15.0 Å². The molecule has 2 atom stereocenters. The highest BCUT2D eigenvalue weighted by Crippen LogP contribution is 2.27. The molecule has 4 heterocycles. The molecule has 0 spiro atoms. The first kappa shape index (κ1) is 22.4. The van der Waals surface area contributed by atoms with Crippen LogP contribution in [-0.2, 0) is 16.0 Å². The lowest BCUT2D eigenvalue weighted by atomic mass is 10.2. The number of amides is 1. The van der Waals surface area contributed by atoms with E-state index in [-0.39, 0.29) is 17.0 Å². The molecule has 2 saturated heterocycles. The van der Waals surface area contributed by atoms with Crippen LogP contribution in [0.15, 0.2) is 55.0 Å². The summed E-state index contributed by atoms with van der Waals surface area (Å²) in [6.07, 6.45) is 6.32. The van der Waals surface area contributed by atoms with Gasteiger partial charge >= 0.3 is 0 Å². The summed E-state index contributed by atoms with van der Waals surface area (Å²) in [5.74, 6) is 1.29. The summed E-state index contributed by atoms with van der Waals surface area (Å²) in [4.78, 5) is 29.4. The summed E-state index contributed by atoms with van der Waals surface area (Å²) in [7, 11) is 0. The van der Waals surface area contributed by atoms with Crippen molar-refractivity contribution in [3.05, 3.63) is 60.8 Å². The minimum Gasteiger partial charge on any atom is -0.616 e. The monoisotopic (exact) mass is 483 g/mol. The Hall–Kier alpha value is -3.44. The predicted octanol–water partition coefficient (Wildman–Crippen LogP) is 2.55. The second kappa shape index (κ2) is 9.43. The fraction of sp³-hybridized carbons (Fsp3) is 0.304. The number of hydrogen-bond acceptors (Lipinski definition) is 8. The van der Waals surface area contributed by atoms with E-state index in [9.17, 15) is 13.7 Å². The minimum absolute atomic E-state index is 0.152. The number of anilines is 2. The van der Waals surface area contributed by atoms with Crippen LogP contribution < -0.4 is 19.3 Å². The van der Waals surface area contributed by atoms with Crippen LogP contribution in [0.5, 0.6) is 17.4 Å². The molecule has 0 N–H and O–H groups in total. The lowest BCUT2D eigenvalue weighted by Gasteiger charge is -2.38. The van der Waals surface area contributed by atoms with E-state index < -0.39 is 17.3 Å². The molecule has 176 valence electrons. The topological polar surface area (TPSA) is 104 Å². The Labute approximate surface area is 198 Å². The number of nitrogens with zero attached hydrogens (tertiary/aromatic N) is 5. The number of carbonyl (C=O) groups excluding carboxylic acids is 1. The Kier molecular flexibility index (Phi) is 6.20. The van der Waals surface area contributed by atoms with Gasteiger partial charge in [0, 0.05) is 19.0 Å². The van der Waals surface area contributed by atoms with Gasteiger partial charge in [-0.2, -0.15) is 0 Å². The van der Waals surface area contributed by atoms with Gasteiger partial charge in [-0.05, 0) is 30.3 Å². The number of rotatable bonds is 7. The summed E-state index contributed by atoms with van der Waals surface area (Å²) in [6.45, 7) is 1.83. The number of benzene rings is 1. The molecule has 5 rings (SSSR count). The molecule has 0 bridgehead atoms. The second-order valence-electron chi connectivity index (χ2n) is 8.04. The third kappa shape index (κ3) is 4.75. The van der Waals surface area contributed by atoms with E-state index >= 15 is 0 Å². The zero-order valence-electron chi connectivity index (χ0n) is 18.3. The first-order valence-electron chi connectivity index (χ1n) is 10.7. The summed E-state index contributed by atoms with van der Waals surface area (Å²) in [5.41, 5.74) is 0.608. The van der Waals surface area contributed by atoms with Crippen molar-refractivity contribution in [2.24, 2.45) is 0 Å². The van der Waals surface area contributed by atoms with Gasteiger partial charge in [0.25, 0.3) is 5.91 Å². The fourth-order valence-electron chi connectivity index (χ4n) is 3.73. The normalized spacial score (nSPS) is 19.1. The summed E-state index contributed by atoms with van der Waals surface area (Å²) in [5, 5.41) is 0.152. The Bertz CT molecular complexity index is 1140. The van der Waals surface area contributed by atoms with E-state index in [4.69, 9.17) is 9.47 Å². The molecule has 2 aromatic heterocycles. The van der Waals surface area contributed by atoms with Gasteiger partial charge in [-0.15, -0.1) is 0 Å². The van der Waals surface area contributed by atoms with Gasteiger partial charge in [-0.3, -0.25) is 4.79 Å². The van der Waals surface area contributed by atoms with Crippen molar-refractivity contribution in [3.8, 4) is 17.4 Å². The molecule has 0 aliphatic carbocycles. The number of hydrogen-bond donors (Lipinski definition) is 0. The van der Waals surface area contributed by atoms with E-state index in [1.54, 1.807) is 35.7 Å². The number of carbonyl (C=O) groups is 1. The van der Waals surface area contributed by atoms with Crippen LogP contribution >= 0.6 is 0 Å². The number of halogens is 1. The second-order valence-corrected chi connectivity index (χ2v) is 9.70. The van der Waals surface area contributed by atoms with Crippen LogP contribution in [0, 0.1) is 5.82 Å². The fourth-order valence-corrected chi connectivity index (χ4v) is 4.51. The zero-order chi connectivity index (χ0) is 23.7. The minimum atomic E-state index is -0.850. The van der Waals surface area contributed by atoms with Crippen molar-refractivity contribution in [2.75, 3.05) is 35.7 Å². The zero-order valence-corrected chi connectivity index (χ0v) is 19.2. The maximum atomic E-state index is 13.0. The van der Waals surface area contributed by atoms with Crippen molar-refractivity contribution < 1.29 is 23.2 Å². The molecule has 34 heavy (non-hydrogen) atoms. The molecule has 0 saturated carbocycles. The van der Waals surface area contributed by atoms with Gasteiger partial charge in [-0.25, -0.2) is 19.3 Å². The van der Waals surface area contributed by atoms with Crippen LogP contribution in [0.3, 0.4) is 0 Å². The van der Waals surface area contributed by atoms with E-state index in [1.165, 1.54) is 30.5 Å². The van der Waals surface area contributed by atoms with E-state index in [0.717, 1.165) is 0 Å². The molecule has 11 heteroatoms. The first-order chi connectivity index (χ1) is 16.5. The number of aromatic nitrogens is 3. The van der Waals surface area contributed by atoms with E-state index in [0.29, 0.717) is 55.1 Å². The van der Waals surface area contributed by atoms with Gasteiger partial charge in [0.05, 0.1) is 43.6 Å². The van der Waals surface area contributed by atoms with Gasteiger partial charge in [-0.1, -0.05) is 11.2 Å². The number of ether oxygens (including phenoxy) is 2. The van der Waals surface area contributed by atoms with Crippen molar-refractivity contribution in [1.82, 2.24) is 15.0 Å². The third-order valence-electron chi connectivity index (χ3n) is 5.72. The molecular weight excluding hydrogens is 461 g/mol. The van der Waals surface area contributed by atoms with Crippen LogP contribution in [0.25, 0.3) is 0 Å².